The molecule has 0 aliphatic heterocycles. The molecule has 0 aliphatic carbocycles. The van der Waals surface area contributed by atoms with Gasteiger partial charge >= 0.3 is 0 Å². The first-order valence-electron chi connectivity index (χ1n) is 8.14. The molecule has 0 heterocycles. The number of benzene rings is 2. The first-order chi connectivity index (χ1) is 11.8. The van der Waals surface area contributed by atoms with E-state index in [2.05, 4.69) is 27.8 Å². The van der Waals surface area contributed by atoms with Crippen molar-refractivity contribution in [2.75, 3.05) is 26.8 Å². The third-order valence-electron chi connectivity index (χ3n) is 3.33. The summed E-state index contributed by atoms with van der Waals surface area (Å²) < 4.78 is 10.8. The molecule has 0 spiro atoms. The quantitative estimate of drug-likeness (QED) is 0.277. The summed E-state index contributed by atoms with van der Waals surface area (Å²) in [6.07, 6.45) is 0. The molecule has 5 nitrogen and oxygen atoms in total. The van der Waals surface area contributed by atoms with E-state index in [1.807, 2.05) is 49.4 Å². The molecular formula is C19H26IN3O2. The Bertz CT molecular complexity index is 618. The van der Waals surface area contributed by atoms with Gasteiger partial charge in [0.05, 0.1) is 20.2 Å². The Morgan fingerprint density at radius 1 is 0.960 bits per heavy atom. The van der Waals surface area contributed by atoms with Gasteiger partial charge in [0.25, 0.3) is 0 Å². The minimum absolute atomic E-state index is 0. The molecule has 0 aromatic heterocycles. The first kappa shape index (κ1) is 21.1. The number of halogens is 1. The molecule has 25 heavy (non-hydrogen) atoms. The van der Waals surface area contributed by atoms with Crippen LogP contribution < -0.4 is 20.1 Å². The highest BCUT2D eigenvalue weighted by atomic mass is 127. The lowest BCUT2D eigenvalue weighted by atomic mass is 10.2. The van der Waals surface area contributed by atoms with Gasteiger partial charge in [0, 0.05) is 6.54 Å². The average Bonchev–Trinajstić information content (AvgIpc) is 2.64. The number of aliphatic imine (C=N–C) groups is 1. The Morgan fingerprint density at radius 2 is 1.64 bits per heavy atom. The highest BCUT2D eigenvalue weighted by molar-refractivity contribution is 14.0. The van der Waals surface area contributed by atoms with E-state index in [4.69, 9.17) is 9.47 Å². The van der Waals surface area contributed by atoms with E-state index < -0.39 is 0 Å². The van der Waals surface area contributed by atoms with Crippen molar-refractivity contribution < 1.29 is 9.47 Å². The van der Waals surface area contributed by atoms with Crippen LogP contribution in [0, 0.1) is 0 Å². The third-order valence-corrected chi connectivity index (χ3v) is 3.33. The summed E-state index contributed by atoms with van der Waals surface area (Å²) in [5.41, 5.74) is 1.18. The SMILES string of the molecule is CCNC(=NCc1ccccc1)NCCOc1ccc(OC)cc1.I. The summed E-state index contributed by atoms with van der Waals surface area (Å²) in [6, 6.07) is 17.7. The molecule has 136 valence electrons. The fraction of sp³-hybridized carbons (Fsp3) is 0.316. The number of nitrogens with one attached hydrogen (secondary N) is 2. The Hall–Kier alpha value is -1.96. The van der Waals surface area contributed by atoms with Crippen LogP contribution in [0.2, 0.25) is 0 Å². The zero-order valence-electron chi connectivity index (χ0n) is 14.7. The van der Waals surface area contributed by atoms with Crippen LogP contribution in [-0.2, 0) is 6.54 Å². The van der Waals surface area contributed by atoms with Crippen LogP contribution in [0.25, 0.3) is 0 Å². The van der Waals surface area contributed by atoms with Gasteiger partial charge in [-0.05, 0) is 36.8 Å². The Balaban J connectivity index is 0.00000312. The molecule has 2 rings (SSSR count). The standard InChI is InChI=1S/C19H25N3O2.HI/c1-3-20-19(22-15-16-7-5-4-6-8-16)21-13-14-24-18-11-9-17(23-2)10-12-18;/h4-12H,3,13-15H2,1-2H3,(H2,20,21,22);1H. The van der Waals surface area contributed by atoms with Crippen molar-refractivity contribution in [1.82, 2.24) is 10.6 Å². The van der Waals surface area contributed by atoms with Crippen LogP contribution >= 0.6 is 24.0 Å². The van der Waals surface area contributed by atoms with Crippen molar-refractivity contribution in [2.45, 2.75) is 13.5 Å². The minimum atomic E-state index is 0. The van der Waals surface area contributed by atoms with Crippen LogP contribution in [0.3, 0.4) is 0 Å². The van der Waals surface area contributed by atoms with Gasteiger partial charge < -0.3 is 20.1 Å². The minimum Gasteiger partial charge on any atom is -0.497 e. The summed E-state index contributed by atoms with van der Waals surface area (Å²) in [6.45, 7) is 4.75. The highest BCUT2D eigenvalue weighted by Gasteiger charge is 1.99. The number of ether oxygens (including phenoxy) is 2. The second-order valence-corrected chi connectivity index (χ2v) is 5.13. The molecule has 0 unspecified atom stereocenters. The smallest absolute Gasteiger partial charge is 0.191 e. The third kappa shape index (κ3) is 8.11. The summed E-state index contributed by atoms with van der Waals surface area (Å²) in [5.74, 6) is 2.44. The molecule has 2 aromatic rings. The van der Waals surface area contributed by atoms with E-state index in [9.17, 15) is 0 Å². The average molecular weight is 455 g/mol. The van der Waals surface area contributed by atoms with Gasteiger partial charge in [-0.25, -0.2) is 4.99 Å². The van der Waals surface area contributed by atoms with Gasteiger partial charge in [0.15, 0.2) is 5.96 Å². The predicted octanol–water partition coefficient (Wildman–Crippen LogP) is 3.45. The van der Waals surface area contributed by atoms with E-state index in [1.165, 1.54) is 5.56 Å². The number of nitrogens with zero attached hydrogens (tertiary/aromatic N) is 1. The monoisotopic (exact) mass is 455 g/mol. The number of rotatable bonds is 8. The molecule has 0 amide bonds. The van der Waals surface area contributed by atoms with Gasteiger partial charge in [-0.2, -0.15) is 0 Å². The lowest BCUT2D eigenvalue weighted by molar-refractivity contribution is 0.321. The van der Waals surface area contributed by atoms with E-state index >= 15 is 0 Å². The Kier molecular flexibility index (Phi) is 10.5. The number of methoxy groups -OCH3 is 1. The van der Waals surface area contributed by atoms with Gasteiger partial charge in [-0.1, -0.05) is 30.3 Å². The molecule has 0 radical (unpaired) electrons. The van der Waals surface area contributed by atoms with Crippen molar-refractivity contribution in [3.8, 4) is 11.5 Å². The summed E-state index contributed by atoms with van der Waals surface area (Å²) in [5, 5.41) is 6.51. The first-order valence-corrected chi connectivity index (χ1v) is 8.14. The molecule has 2 N–H and O–H groups in total. The van der Waals surface area contributed by atoms with E-state index in [0.29, 0.717) is 19.7 Å². The molecule has 0 saturated carbocycles. The van der Waals surface area contributed by atoms with Crippen LogP contribution in [-0.4, -0.2) is 32.8 Å². The molecular weight excluding hydrogens is 429 g/mol. The molecule has 0 atom stereocenters. The molecule has 6 heteroatoms. The van der Waals surface area contributed by atoms with Crippen molar-refractivity contribution in [3.05, 3.63) is 60.2 Å². The van der Waals surface area contributed by atoms with Crippen molar-refractivity contribution in [1.29, 1.82) is 0 Å². The van der Waals surface area contributed by atoms with Gasteiger partial charge in [0.2, 0.25) is 0 Å². The van der Waals surface area contributed by atoms with Gasteiger partial charge in [0.1, 0.15) is 18.1 Å². The lowest BCUT2D eigenvalue weighted by Gasteiger charge is -2.12. The Morgan fingerprint density at radius 3 is 2.28 bits per heavy atom. The second kappa shape index (κ2) is 12.4. The zero-order valence-corrected chi connectivity index (χ0v) is 17.0. The van der Waals surface area contributed by atoms with Crippen LogP contribution in [0.15, 0.2) is 59.6 Å². The largest absolute Gasteiger partial charge is 0.497 e. The molecule has 0 fully saturated rings. The van der Waals surface area contributed by atoms with Crippen LogP contribution in [0.4, 0.5) is 0 Å². The topological polar surface area (TPSA) is 54.9 Å². The predicted molar refractivity (Wildman–Crippen MR) is 113 cm³/mol. The molecule has 0 saturated heterocycles. The maximum absolute atomic E-state index is 5.70. The second-order valence-electron chi connectivity index (χ2n) is 5.13. The van der Waals surface area contributed by atoms with E-state index in [1.54, 1.807) is 7.11 Å². The molecule has 2 aromatic carbocycles. The Labute approximate surface area is 166 Å². The van der Waals surface area contributed by atoms with E-state index in [0.717, 1.165) is 24.0 Å². The number of guanidine groups is 1. The van der Waals surface area contributed by atoms with Crippen LogP contribution in [0.1, 0.15) is 12.5 Å². The van der Waals surface area contributed by atoms with Gasteiger partial charge in [-0.3, -0.25) is 0 Å². The molecule has 0 bridgehead atoms. The summed E-state index contributed by atoms with van der Waals surface area (Å²) >= 11 is 0. The zero-order chi connectivity index (χ0) is 17.0. The number of hydrogen-bond acceptors (Lipinski definition) is 3. The summed E-state index contributed by atoms with van der Waals surface area (Å²) in [7, 11) is 1.65. The fourth-order valence-electron chi connectivity index (χ4n) is 2.11. The maximum Gasteiger partial charge on any atom is 0.191 e. The fourth-order valence-corrected chi connectivity index (χ4v) is 2.11. The lowest BCUT2D eigenvalue weighted by Crippen LogP contribution is -2.39. The summed E-state index contributed by atoms with van der Waals surface area (Å²) in [4.78, 5) is 4.57. The van der Waals surface area contributed by atoms with Crippen molar-refractivity contribution in [3.63, 3.8) is 0 Å². The van der Waals surface area contributed by atoms with Gasteiger partial charge in [-0.15, -0.1) is 24.0 Å². The van der Waals surface area contributed by atoms with Crippen molar-refractivity contribution >= 4 is 29.9 Å². The molecule has 0 aliphatic rings. The highest BCUT2D eigenvalue weighted by Crippen LogP contribution is 2.16. The van der Waals surface area contributed by atoms with E-state index in [-0.39, 0.29) is 24.0 Å². The maximum atomic E-state index is 5.70. The van der Waals surface area contributed by atoms with Crippen molar-refractivity contribution in [2.24, 2.45) is 4.99 Å². The van der Waals surface area contributed by atoms with Crippen LogP contribution in [0.5, 0.6) is 11.5 Å². The number of hydrogen-bond donors (Lipinski definition) is 2. The normalized spacial score (nSPS) is 10.6.